The third kappa shape index (κ3) is 5.65. The highest BCUT2D eigenvalue weighted by molar-refractivity contribution is 7.92. The van der Waals surface area contributed by atoms with Gasteiger partial charge in [0.2, 0.25) is 9.84 Å². The maximum atomic E-state index is 14.5. The van der Waals surface area contributed by atoms with Gasteiger partial charge in [0.1, 0.15) is 12.4 Å². The van der Waals surface area contributed by atoms with Crippen molar-refractivity contribution in [3.8, 4) is 5.75 Å². The molecule has 0 unspecified atom stereocenters. The van der Waals surface area contributed by atoms with Crippen molar-refractivity contribution >= 4 is 21.0 Å². The van der Waals surface area contributed by atoms with Crippen molar-refractivity contribution in [2.75, 3.05) is 0 Å². The number of hydrogen-bond donors (Lipinski definition) is 0. The first-order chi connectivity index (χ1) is 21.5. The lowest BCUT2D eigenvalue weighted by Gasteiger charge is -2.33. The summed E-state index contributed by atoms with van der Waals surface area (Å²) in [5.41, 5.74) is 4.81. The molecule has 0 aromatic heterocycles. The van der Waals surface area contributed by atoms with E-state index in [1.165, 1.54) is 0 Å². The molecule has 0 heterocycles. The van der Waals surface area contributed by atoms with Crippen LogP contribution in [0.3, 0.4) is 0 Å². The van der Waals surface area contributed by atoms with Crippen molar-refractivity contribution in [2.45, 2.75) is 47.6 Å². The summed E-state index contributed by atoms with van der Waals surface area (Å²) in [5.74, 6) is -14.1. The normalized spacial score (nSPS) is 14.6. The zero-order valence-corrected chi connectivity index (χ0v) is 24.3. The molecule has 1 aliphatic rings. The molecule has 4 aromatic rings. The van der Waals surface area contributed by atoms with Gasteiger partial charge in [0, 0.05) is 0 Å². The van der Waals surface area contributed by atoms with E-state index in [9.17, 15) is 47.9 Å². The van der Waals surface area contributed by atoms with Crippen molar-refractivity contribution < 1.29 is 52.7 Å². The van der Waals surface area contributed by atoms with E-state index in [4.69, 9.17) is 4.74 Å². The molecule has 5 rings (SSSR count). The van der Waals surface area contributed by atoms with E-state index in [0.717, 1.165) is 34.4 Å². The highest BCUT2D eigenvalue weighted by Gasteiger charge is 2.85. The Hall–Kier alpha value is -4.26. The molecular formula is C33H23F9O3S. The van der Waals surface area contributed by atoms with Gasteiger partial charge >= 0.3 is 23.3 Å². The van der Waals surface area contributed by atoms with Gasteiger partial charge in [-0.1, -0.05) is 78.9 Å². The van der Waals surface area contributed by atoms with Gasteiger partial charge in [0.15, 0.2) is 0 Å². The van der Waals surface area contributed by atoms with E-state index >= 15 is 0 Å². The van der Waals surface area contributed by atoms with Crippen molar-refractivity contribution in [2.24, 2.45) is 0 Å². The fraction of sp³-hybridized carbons (Fsp3) is 0.212. The maximum absolute atomic E-state index is 14.5. The average Bonchev–Trinajstić information content (AvgIpc) is 3.03. The Labute approximate surface area is 257 Å². The lowest BCUT2D eigenvalue weighted by Crippen LogP contribution is -2.63. The van der Waals surface area contributed by atoms with Gasteiger partial charge in [-0.2, -0.15) is 39.5 Å². The van der Waals surface area contributed by atoms with Gasteiger partial charge in [-0.25, -0.2) is 8.42 Å². The molecule has 0 bridgehead atoms. The number of hydrogen-bond acceptors (Lipinski definition) is 3. The molecule has 1 aliphatic carbocycles. The van der Waals surface area contributed by atoms with Crippen LogP contribution in [-0.2, 0) is 22.9 Å². The van der Waals surface area contributed by atoms with Crippen LogP contribution in [0.1, 0.15) is 34.2 Å². The first-order valence-corrected chi connectivity index (χ1v) is 15.1. The van der Waals surface area contributed by atoms with E-state index in [2.05, 4.69) is 0 Å². The van der Waals surface area contributed by atoms with Crippen LogP contribution < -0.4 is 4.74 Å². The van der Waals surface area contributed by atoms with Crippen molar-refractivity contribution in [3.05, 3.63) is 131 Å². The Bertz CT molecular complexity index is 1850. The van der Waals surface area contributed by atoms with Gasteiger partial charge < -0.3 is 4.74 Å². The Morgan fingerprint density at radius 3 is 1.80 bits per heavy atom. The fourth-order valence-electron chi connectivity index (χ4n) is 5.13. The summed E-state index contributed by atoms with van der Waals surface area (Å²) in [6.45, 7) is 0.298. The van der Waals surface area contributed by atoms with Gasteiger partial charge in [-0.15, -0.1) is 0 Å². The molecule has 3 nitrogen and oxygen atoms in total. The SMILES string of the molecule is O=S(=O)(c1ccc(C2=C(c3ccccc3)CCc3cc(OCc4ccccc4)ccc32)cc1)C(F)(F)C(F)(F)C(F)(F)C(F)(F)F. The molecule has 0 fully saturated rings. The third-order valence-corrected chi connectivity index (χ3v) is 9.39. The Kier molecular flexibility index (Phi) is 8.52. The number of alkyl halides is 9. The average molecular weight is 671 g/mol. The largest absolute Gasteiger partial charge is 0.489 e. The number of benzene rings is 4. The zero-order valence-electron chi connectivity index (χ0n) is 23.5. The van der Waals surface area contributed by atoms with Gasteiger partial charge in [-0.3, -0.25) is 0 Å². The highest BCUT2D eigenvalue weighted by Crippen LogP contribution is 2.56. The Morgan fingerprint density at radius 2 is 1.22 bits per heavy atom. The molecule has 242 valence electrons. The van der Waals surface area contributed by atoms with Crippen molar-refractivity contribution in [1.29, 1.82) is 0 Å². The molecule has 13 heteroatoms. The van der Waals surface area contributed by atoms with Crippen LogP contribution in [0.5, 0.6) is 5.75 Å². The number of sulfone groups is 1. The minimum absolute atomic E-state index is 0.257. The summed E-state index contributed by atoms with van der Waals surface area (Å²) in [4.78, 5) is -1.57. The van der Waals surface area contributed by atoms with Crippen LogP contribution in [0.15, 0.2) is 108 Å². The first-order valence-electron chi connectivity index (χ1n) is 13.6. The van der Waals surface area contributed by atoms with Gasteiger partial charge in [0.25, 0.3) is 0 Å². The molecule has 0 radical (unpaired) electrons. The summed E-state index contributed by atoms with van der Waals surface area (Å²) in [6.07, 6.45) is -6.11. The number of allylic oxidation sites excluding steroid dienone is 1. The number of rotatable bonds is 9. The van der Waals surface area contributed by atoms with E-state index in [-0.39, 0.29) is 5.56 Å². The van der Waals surface area contributed by atoms with Gasteiger partial charge in [0.05, 0.1) is 4.90 Å². The van der Waals surface area contributed by atoms with E-state index < -0.39 is 38.0 Å². The smallest absolute Gasteiger partial charge is 0.460 e. The molecule has 0 saturated heterocycles. The molecule has 0 amide bonds. The first kappa shape index (κ1) is 33.1. The summed E-state index contributed by atoms with van der Waals surface area (Å²) in [6, 6.07) is 26.6. The minimum Gasteiger partial charge on any atom is -0.489 e. The molecule has 46 heavy (non-hydrogen) atoms. The van der Waals surface area contributed by atoms with Crippen LogP contribution in [0.4, 0.5) is 39.5 Å². The molecular weight excluding hydrogens is 647 g/mol. The maximum Gasteiger partial charge on any atom is 0.460 e. The molecule has 0 N–H and O–H groups in total. The van der Waals surface area contributed by atoms with E-state index in [1.54, 1.807) is 30.3 Å². The second-order valence-corrected chi connectivity index (χ2v) is 12.5. The van der Waals surface area contributed by atoms with Gasteiger partial charge in [-0.05, 0) is 76.1 Å². The zero-order chi connectivity index (χ0) is 33.5. The quantitative estimate of drug-likeness (QED) is 0.167. The van der Waals surface area contributed by atoms with Crippen LogP contribution in [0.2, 0.25) is 0 Å². The molecule has 0 atom stereocenters. The lowest BCUT2D eigenvalue weighted by molar-refractivity contribution is -0.382. The van der Waals surface area contributed by atoms with Crippen LogP contribution in [-0.4, -0.2) is 31.7 Å². The molecule has 0 spiro atoms. The number of halogens is 9. The number of aryl methyl sites for hydroxylation is 1. The fourth-order valence-corrected chi connectivity index (χ4v) is 6.39. The molecule has 0 saturated carbocycles. The Morgan fingerprint density at radius 1 is 0.630 bits per heavy atom. The monoisotopic (exact) mass is 670 g/mol. The van der Waals surface area contributed by atoms with Crippen LogP contribution >= 0.6 is 0 Å². The predicted octanol–water partition coefficient (Wildman–Crippen LogP) is 9.37. The Balaban J connectivity index is 1.54. The van der Waals surface area contributed by atoms with Crippen molar-refractivity contribution in [1.82, 2.24) is 0 Å². The topological polar surface area (TPSA) is 43.4 Å². The summed E-state index contributed by atoms with van der Waals surface area (Å²) in [5, 5.41) is -6.82. The number of fused-ring (bicyclic) bond motifs is 1. The van der Waals surface area contributed by atoms with E-state index in [1.807, 2.05) is 48.5 Å². The second-order valence-electron chi connectivity index (χ2n) is 10.5. The summed E-state index contributed by atoms with van der Waals surface area (Å²) in [7, 11) is -6.74. The van der Waals surface area contributed by atoms with Crippen LogP contribution in [0.25, 0.3) is 11.1 Å². The third-order valence-electron chi connectivity index (χ3n) is 7.57. The lowest BCUT2D eigenvalue weighted by atomic mass is 9.79. The number of ether oxygens (including phenoxy) is 1. The molecule has 4 aromatic carbocycles. The van der Waals surface area contributed by atoms with Crippen molar-refractivity contribution in [3.63, 3.8) is 0 Å². The standard InChI is InChI=1S/C33H23F9O3S/c34-30(35,32(38,39)40)31(36,37)33(41,42)46(43,44)26-15-11-23(12-16-26)29-27(22-9-5-2-6-10-22)17-13-24-19-25(14-18-28(24)29)45-20-21-7-3-1-4-8-21/h1-12,14-16,18-19H,13,17,20H2. The second kappa shape index (κ2) is 11.8. The summed E-state index contributed by atoms with van der Waals surface area (Å²) < 4.78 is 153. The molecule has 0 aliphatic heterocycles. The predicted molar refractivity (Wildman–Crippen MR) is 152 cm³/mol. The minimum atomic E-state index is -7.35. The van der Waals surface area contributed by atoms with Crippen LogP contribution in [0, 0.1) is 0 Å². The summed E-state index contributed by atoms with van der Waals surface area (Å²) >= 11 is 0. The highest BCUT2D eigenvalue weighted by atomic mass is 32.2. The van der Waals surface area contributed by atoms with E-state index in [0.29, 0.717) is 48.5 Å².